The van der Waals surface area contributed by atoms with E-state index in [1.165, 1.54) is 25.7 Å². The molecule has 0 bridgehead atoms. The van der Waals surface area contributed by atoms with E-state index in [0.29, 0.717) is 12.1 Å². The van der Waals surface area contributed by atoms with E-state index >= 15 is 0 Å². The zero-order valence-electron chi connectivity index (χ0n) is 11.7. The summed E-state index contributed by atoms with van der Waals surface area (Å²) in [6, 6.07) is 0.688. The Hall–Kier alpha value is -0.120. The largest absolute Gasteiger partial charge is 0.377 e. The van der Waals surface area contributed by atoms with Crippen molar-refractivity contribution < 1.29 is 4.74 Å². The highest BCUT2D eigenvalue weighted by Gasteiger charge is 2.33. The van der Waals surface area contributed by atoms with Gasteiger partial charge in [-0.15, -0.1) is 0 Å². The summed E-state index contributed by atoms with van der Waals surface area (Å²) in [5, 5.41) is 3.64. The van der Waals surface area contributed by atoms with Crippen molar-refractivity contribution in [3.63, 3.8) is 0 Å². The van der Waals surface area contributed by atoms with E-state index in [-0.39, 0.29) is 5.54 Å². The molecule has 3 heteroatoms. The lowest BCUT2D eigenvalue weighted by atomic mass is 9.96. The third kappa shape index (κ3) is 3.67. The standard InChI is InChI=1S/C14H28N2O/c1-4-12-9-15-14(2,3)11-16(12)10-13-7-5-6-8-17-13/h12-13,15H,4-11H2,1-3H3. The fourth-order valence-electron chi connectivity index (χ4n) is 3.05. The van der Waals surface area contributed by atoms with Gasteiger partial charge < -0.3 is 10.1 Å². The van der Waals surface area contributed by atoms with Crippen LogP contribution in [0.4, 0.5) is 0 Å². The van der Waals surface area contributed by atoms with Gasteiger partial charge in [0, 0.05) is 37.8 Å². The van der Waals surface area contributed by atoms with E-state index in [9.17, 15) is 0 Å². The third-order valence-electron chi connectivity index (χ3n) is 4.11. The van der Waals surface area contributed by atoms with Crippen LogP contribution in [0.2, 0.25) is 0 Å². The molecule has 0 aromatic heterocycles. The average Bonchev–Trinajstić information content (AvgIpc) is 2.30. The first-order valence-corrected chi connectivity index (χ1v) is 7.21. The van der Waals surface area contributed by atoms with Crippen molar-refractivity contribution in [1.29, 1.82) is 0 Å². The SMILES string of the molecule is CCC1CNC(C)(C)CN1CC1CCCCO1. The van der Waals surface area contributed by atoms with E-state index in [1.54, 1.807) is 0 Å². The van der Waals surface area contributed by atoms with Crippen LogP contribution in [0.5, 0.6) is 0 Å². The zero-order valence-corrected chi connectivity index (χ0v) is 11.7. The van der Waals surface area contributed by atoms with Crippen molar-refractivity contribution in [3.8, 4) is 0 Å². The summed E-state index contributed by atoms with van der Waals surface area (Å²) in [7, 11) is 0. The number of hydrogen-bond donors (Lipinski definition) is 1. The predicted octanol–water partition coefficient (Wildman–Crippen LogP) is 2.02. The summed E-state index contributed by atoms with van der Waals surface area (Å²) < 4.78 is 5.88. The number of nitrogens with zero attached hydrogens (tertiary/aromatic N) is 1. The number of ether oxygens (including phenoxy) is 1. The van der Waals surface area contributed by atoms with Crippen molar-refractivity contribution in [2.24, 2.45) is 0 Å². The molecule has 2 rings (SSSR count). The molecule has 2 aliphatic heterocycles. The average molecular weight is 240 g/mol. The molecule has 2 saturated heterocycles. The van der Waals surface area contributed by atoms with E-state index < -0.39 is 0 Å². The Morgan fingerprint density at radius 1 is 1.35 bits per heavy atom. The summed E-state index contributed by atoms with van der Waals surface area (Å²) >= 11 is 0. The summed E-state index contributed by atoms with van der Waals surface area (Å²) in [4.78, 5) is 2.65. The Morgan fingerprint density at radius 3 is 2.82 bits per heavy atom. The number of rotatable bonds is 3. The van der Waals surface area contributed by atoms with Crippen molar-refractivity contribution in [1.82, 2.24) is 10.2 Å². The van der Waals surface area contributed by atoms with Gasteiger partial charge in [0.05, 0.1) is 6.10 Å². The van der Waals surface area contributed by atoms with E-state index in [0.717, 1.165) is 26.2 Å². The van der Waals surface area contributed by atoms with E-state index in [2.05, 4.69) is 31.0 Å². The topological polar surface area (TPSA) is 24.5 Å². The lowest BCUT2D eigenvalue weighted by molar-refractivity contribution is -0.0272. The maximum Gasteiger partial charge on any atom is 0.0702 e. The van der Waals surface area contributed by atoms with Gasteiger partial charge in [-0.25, -0.2) is 0 Å². The second kappa shape index (κ2) is 5.68. The van der Waals surface area contributed by atoms with Crippen molar-refractivity contribution >= 4 is 0 Å². The first-order chi connectivity index (χ1) is 8.11. The van der Waals surface area contributed by atoms with Gasteiger partial charge in [-0.05, 0) is 39.5 Å². The molecule has 0 aliphatic carbocycles. The minimum absolute atomic E-state index is 0.250. The highest BCUT2D eigenvalue weighted by molar-refractivity contribution is 4.92. The molecule has 100 valence electrons. The maximum atomic E-state index is 5.88. The monoisotopic (exact) mass is 240 g/mol. The second-order valence-electron chi connectivity index (χ2n) is 6.24. The first kappa shape index (κ1) is 13.3. The molecular weight excluding hydrogens is 212 g/mol. The highest BCUT2D eigenvalue weighted by Crippen LogP contribution is 2.21. The Labute approximate surface area is 106 Å². The van der Waals surface area contributed by atoms with E-state index in [1.807, 2.05) is 0 Å². The van der Waals surface area contributed by atoms with Crippen LogP contribution in [-0.2, 0) is 4.74 Å². The van der Waals surface area contributed by atoms with Gasteiger partial charge in [0.2, 0.25) is 0 Å². The van der Waals surface area contributed by atoms with Crippen LogP contribution in [0, 0.1) is 0 Å². The maximum absolute atomic E-state index is 5.88. The molecule has 17 heavy (non-hydrogen) atoms. The van der Waals surface area contributed by atoms with Gasteiger partial charge in [-0.3, -0.25) is 4.90 Å². The Morgan fingerprint density at radius 2 is 2.18 bits per heavy atom. The molecule has 3 nitrogen and oxygen atoms in total. The normalized spacial score (nSPS) is 34.8. The molecule has 0 aromatic rings. The van der Waals surface area contributed by atoms with Gasteiger partial charge in [0.15, 0.2) is 0 Å². The molecule has 2 unspecified atom stereocenters. The third-order valence-corrected chi connectivity index (χ3v) is 4.11. The van der Waals surface area contributed by atoms with E-state index in [4.69, 9.17) is 4.74 Å². The molecule has 0 spiro atoms. The molecule has 2 atom stereocenters. The minimum Gasteiger partial charge on any atom is -0.377 e. The summed E-state index contributed by atoms with van der Waals surface area (Å²) in [5.41, 5.74) is 0.250. The first-order valence-electron chi connectivity index (χ1n) is 7.21. The van der Waals surface area contributed by atoms with Gasteiger partial charge in [0.1, 0.15) is 0 Å². The lowest BCUT2D eigenvalue weighted by Gasteiger charge is -2.45. The van der Waals surface area contributed by atoms with Crippen LogP contribution in [0.15, 0.2) is 0 Å². The van der Waals surface area contributed by atoms with Crippen LogP contribution in [0.3, 0.4) is 0 Å². The Bertz CT molecular complexity index is 236. The molecule has 0 saturated carbocycles. The fraction of sp³-hybridized carbons (Fsp3) is 1.00. The number of nitrogens with one attached hydrogen (secondary N) is 1. The summed E-state index contributed by atoms with van der Waals surface area (Å²) in [6.45, 7) is 11.3. The highest BCUT2D eigenvalue weighted by atomic mass is 16.5. The molecule has 1 N–H and O–H groups in total. The zero-order chi connectivity index (χ0) is 12.3. The summed E-state index contributed by atoms with van der Waals surface area (Å²) in [6.07, 6.45) is 5.56. The molecule has 2 fully saturated rings. The van der Waals surface area contributed by atoms with Crippen LogP contribution < -0.4 is 5.32 Å². The quantitative estimate of drug-likeness (QED) is 0.817. The molecular formula is C14H28N2O. The molecule has 0 radical (unpaired) electrons. The van der Waals surface area contributed by atoms with Gasteiger partial charge in [-0.2, -0.15) is 0 Å². The van der Waals surface area contributed by atoms with Crippen LogP contribution in [-0.4, -0.2) is 48.8 Å². The number of piperazine rings is 1. The van der Waals surface area contributed by atoms with Crippen molar-refractivity contribution in [2.75, 3.05) is 26.2 Å². The van der Waals surface area contributed by atoms with Gasteiger partial charge in [-0.1, -0.05) is 6.92 Å². The fourth-order valence-corrected chi connectivity index (χ4v) is 3.05. The molecule has 2 aliphatic rings. The van der Waals surface area contributed by atoms with Crippen LogP contribution in [0.25, 0.3) is 0 Å². The minimum atomic E-state index is 0.250. The van der Waals surface area contributed by atoms with Crippen LogP contribution >= 0.6 is 0 Å². The second-order valence-corrected chi connectivity index (χ2v) is 6.24. The number of hydrogen-bond acceptors (Lipinski definition) is 3. The molecule has 2 heterocycles. The van der Waals surface area contributed by atoms with Crippen molar-refractivity contribution in [2.45, 2.75) is 64.1 Å². The van der Waals surface area contributed by atoms with Crippen molar-refractivity contribution in [3.05, 3.63) is 0 Å². The smallest absolute Gasteiger partial charge is 0.0702 e. The predicted molar refractivity (Wildman–Crippen MR) is 71.3 cm³/mol. The Balaban J connectivity index is 1.90. The molecule has 0 amide bonds. The molecule has 0 aromatic carbocycles. The summed E-state index contributed by atoms with van der Waals surface area (Å²) in [5.74, 6) is 0. The van der Waals surface area contributed by atoms with Gasteiger partial charge >= 0.3 is 0 Å². The van der Waals surface area contributed by atoms with Gasteiger partial charge in [0.25, 0.3) is 0 Å². The lowest BCUT2D eigenvalue weighted by Crippen LogP contribution is -2.62. The van der Waals surface area contributed by atoms with Crippen LogP contribution in [0.1, 0.15) is 46.5 Å². The Kier molecular flexibility index (Phi) is 4.45.